The number of hydrogen-bond acceptors (Lipinski definition) is 7. The molecule has 2 amide bonds. The molecule has 0 unspecified atom stereocenters. The first kappa shape index (κ1) is 23.9. The molecule has 3 aromatic carbocycles. The zero-order valence-electron chi connectivity index (χ0n) is 19.3. The predicted octanol–water partition coefficient (Wildman–Crippen LogP) is 4.62. The number of carbonyl (C=O) groups is 2. The summed E-state index contributed by atoms with van der Waals surface area (Å²) in [4.78, 5) is 25.0. The van der Waals surface area contributed by atoms with Crippen LogP contribution in [-0.2, 0) is 13.2 Å². The largest absolute Gasteiger partial charge is 0.496 e. The van der Waals surface area contributed by atoms with Gasteiger partial charge in [-0.15, -0.1) is 10.2 Å². The molecule has 0 aliphatic heterocycles. The van der Waals surface area contributed by atoms with E-state index in [9.17, 15) is 9.59 Å². The molecule has 8 nitrogen and oxygen atoms in total. The van der Waals surface area contributed by atoms with Crippen LogP contribution in [0.4, 0.5) is 5.69 Å². The highest BCUT2D eigenvalue weighted by atomic mass is 32.1. The number of ether oxygens (including phenoxy) is 2. The molecule has 0 atom stereocenters. The van der Waals surface area contributed by atoms with Crippen LogP contribution in [0.5, 0.6) is 11.5 Å². The summed E-state index contributed by atoms with van der Waals surface area (Å²) >= 11 is 1.16. The lowest BCUT2D eigenvalue weighted by atomic mass is 10.1. The molecule has 178 valence electrons. The smallest absolute Gasteiger partial charge is 0.286 e. The summed E-state index contributed by atoms with van der Waals surface area (Å²) in [5.74, 6) is 0.838. The number of aryl methyl sites for hydroxylation is 1. The Kier molecular flexibility index (Phi) is 7.69. The van der Waals surface area contributed by atoms with E-state index in [1.807, 2.05) is 55.5 Å². The van der Waals surface area contributed by atoms with Crippen molar-refractivity contribution in [2.24, 2.45) is 0 Å². The molecule has 9 heteroatoms. The van der Waals surface area contributed by atoms with Gasteiger partial charge in [-0.1, -0.05) is 47.2 Å². The number of methoxy groups -OCH3 is 1. The monoisotopic (exact) mass is 488 g/mol. The molecular weight excluding hydrogens is 464 g/mol. The number of benzene rings is 3. The molecule has 4 aromatic rings. The third-order valence-electron chi connectivity index (χ3n) is 5.08. The Morgan fingerprint density at radius 3 is 2.40 bits per heavy atom. The Labute approximate surface area is 206 Å². The minimum absolute atomic E-state index is 0.226. The SMILES string of the molecule is COc1ccccc1CNC(=O)c1ccc(NC(=O)c2nnc(COc3ccc(C)cc3)s2)cc1. The van der Waals surface area contributed by atoms with Crippen molar-refractivity contribution in [1.82, 2.24) is 15.5 Å². The van der Waals surface area contributed by atoms with Crippen molar-refractivity contribution in [3.05, 3.63) is 99.5 Å². The van der Waals surface area contributed by atoms with E-state index in [2.05, 4.69) is 20.8 Å². The van der Waals surface area contributed by atoms with Gasteiger partial charge in [0.15, 0.2) is 5.01 Å². The highest BCUT2D eigenvalue weighted by Crippen LogP contribution is 2.19. The van der Waals surface area contributed by atoms with Crippen LogP contribution in [0.2, 0.25) is 0 Å². The Bertz CT molecular complexity index is 1300. The van der Waals surface area contributed by atoms with Crippen LogP contribution in [-0.4, -0.2) is 29.1 Å². The van der Waals surface area contributed by atoms with Crippen LogP contribution in [0.25, 0.3) is 0 Å². The first-order valence-electron chi connectivity index (χ1n) is 10.8. The first-order chi connectivity index (χ1) is 17.0. The molecule has 35 heavy (non-hydrogen) atoms. The Morgan fingerprint density at radius 1 is 0.914 bits per heavy atom. The van der Waals surface area contributed by atoms with Crippen molar-refractivity contribution in [2.75, 3.05) is 12.4 Å². The predicted molar refractivity (Wildman–Crippen MR) is 134 cm³/mol. The van der Waals surface area contributed by atoms with Crippen molar-refractivity contribution >= 4 is 28.8 Å². The van der Waals surface area contributed by atoms with Crippen molar-refractivity contribution in [1.29, 1.82) is 0 Å². The second kappa shape index (κ2) is 11.3. The topological polar surface area (TPSA) is 102 Å². The van der Waals surface area contributed by atoms with E-state index in [1.54, 1.807) is 31.4 Å². The zero-order valence-corrected chi connectivity index (χ0v) is 20.1. The summed E-state index contributed by atoms with van der Waals surface area (Å²) in [5.41, 5.74) is 3.05. The average molecular weight is 489 g/mol. The first-order valence-corrected chi connectivity index (χ1v) is 11.7. The van der Waals surface area contributed by atoms with E-state index in [4.69, 9.17) is 9.47 Å². The lowest BCUT2D eigenvalue weighted by Gasteiger charge is -2.10. The molecule has 0 spiro atoms. The molecule has 0 fully saturated rings. The molecule has 0 saturated heterocycles. The molecule has 0 aliphatic rings. The molecular formula is C26H24N4O4S. The number of aromatic nitrogens is 2. The second-order valence-corrected chi connectivity index (χ2v) is 8.69. The summed E-state index contributed by atoms with van der Waals surface area (Å²) in [7, 11) is 1.59. The van der Waals surface area contributed by atoms with E-state index < -0.39 is 0 Å². The van der Waals surface area contributed by atoms with Gasteiger partial charge in [-0.3, -0.25) is 9.59 Å². The van der Waals surface area contributed by atoms with E-state index >= 15 is 0 Å². The van der Waals surface area contributed by atoms with E-state index in [-0.39, 0.29) is 23.4 Å². The highest BCUT2D eigenvalue weighted by molar-refractivity contribution is 7.13. The van der Waals surface area contributed by atoms with Gasteiger partial charge in [0.25, 0.3) is 11.8 Å². The summed E-state index contributed by atoms with van der Waals surface area (Å²) in [6.07, 6.45) is 0. The summed E-state index contributed by atoms with van der Waals surface area (Å²) in [6.45, 7) is 2.58. The maximum absolute atomic E-state index is 12.5. The number of hydrogen-bond donors (Lipinski definition) is 2. The molecule has 4 rings (SSSR count). The maximum Gasteiger partial charge on any atom is 0.286 e. The van der Waals surface area contributed by atoms with Crippen LogP contribution in [0.3, 0.4) is 0 Å². The van der Waals surface area contributed by atoms with Crippen LogP contribution in [0.1, 0.15) is 36.3 Å². The normalized spacial score (nSPS) is 10.5. The number of nitrogens with one attached hydrogen (secondary N) is 2. The average Bonchev–Trinajstić information content (AvgIpc) is 3.37. The fourth-order valence-corrected chi connectivity index (χ4v) is 3.85. The fraction of sp³-hybridized carbons (Fsp3) is 0.154. The summed E-state index contributed by atoms with van der Waals surface area (Å²) in [5, 5.41) is 14.4. The van der Waals surface area contributed by atoms with Gasteiger partial charge in [0.1, 0.15) is 18.1 Å². The Hall–Kier alpha value is -4.24. The van der Waals surface area contributed by atoms with Gasteiger partial charge in [0, 0.05) is 23.4 Å². The minimum atomic E-state index is -0.377. The van der Waals surface area contributed by atoms with Gasteiger partial charge in [0.2, 0.25) is 5.01 Å². The van der Waals surface area contributed by atoms with Gasteiger partial charge >= 0.3 is 0 Å². The zero-order chi connectivity index (χ0) is 24.6. The molecule has 0 bridgehead atoms. The summed E-state index contributed by atoms with van der Waals surface area (Å²) in [6, 6.07) is 21.8. The highest BCUT2D eigenvalue weighted by Gasteiger charge is 2.14. The van der Waals surface area contributed by atoms with Crippen LogP contribution in [0, 0.1) is 6.92 Å². The second-order valence-electron chi connectivity index (χ2n) is 7.63. The fourth-order valence-electron chi connectivity index (χ4n) is 3.20. The molecule has 0 aliphatic carbocycles. The van der Waals surface area contributed by atoms with Crippen LogP contribution >= 0.6 is 11.3 Å². The molecule has 1 heterocycles. The molecule has 0 saturated carbocycles. The van der Waals surface area contributed by atoms with Gasteiger partial charge < -0.3 is 20.1 Å². The number of anilines is 1. The molecule has 0 radical (unpaired) electrons. The van der Waals surface area contributed by atoms with Crippen molar-refractivity contribution < 1.29 is 19.1 Å². The number of para-hydroxylation sites is 1. The van der Waals surface area contributed by atoms with Gasteiger partial charge in [-0.05, 0) is 49.4 Å². The lowest BCUT2D eigenvalue weighted by molar-refractivity contribution is 0.0950. The number of rotatable bonds is 9. The van der Waals surface area contributed by atoms with E-state index in [0.29, 0.717) is 28.6 Å². The lowest BCUT2D eigenvalue weighted by Crippen LogP contribution is -2.23. The Balaban J connectivity index is 1.29. The minimum Gasteiger partial charge on any atom is -0.496 e. The van der Waals surface area contributed by atoms with Crippen molar-refractivity contribution in [3.63, 3.8) is 0 Å². The number of nitrogens with zero attached hydrogens (tertiary/aromatic N) is 2. The number of carbonyl (C=O) groups excluding carboxylic acids is 2. The van der Waals surface area contributed by atoms with Crippen LogP contribution in [0.15, 0.2) is 72.8 Å². The van der Waals surface area contributed by atoms with Gasteiger partial charge in [-0.25, -0.2) is 0 Å². The Morgan fingerprint density at radius 2 is 1.66 bits per heavy atom. The van der Waals surface area contributed by atoms with Crippen LogP contribution < -0.4 is 20.1 Å². The molecule has 2 N–H and O–H groups in total. The van der Waals surface area contributed by atoms with Crippen molar-refractivity contribution in [2.45, 2.75) is 20.1 Å². The van der Waals surface area contributed by atoms with E-state index in [1.165, 1.54) is 0 Å². The quantitative estimate of drug-likeness (QED) is 0.357. The number of amides is 2. The standard InChI is InChI=1S/C26H24N4O4S/c1-17-7-13-21(14-8-17)34-16-23-29-30-26(35-23)25(32)28-20-11-9-18(10-12-20)24(31)27-15-19-5-3-4-6-22(19)33-2/h3-14H,15-16H2,1-2H3,(H,27,31)(H,28,32). The summed E-state index contributed by atoms with van der Waals surface area (Å²) < 4.78 is 11.0. The third-order valence-corrected chi connectivity index (χ3v) is 5.98. The van der Waals surface area contributed by atoms with Crippen molar-refractivity contribution in [3.8, 4) is 11.5 Å². The molecule has 1 aromatic heterocycles. The maximum atomic E-state index is 12.5. The van der Waals surface area contributed by atoms with E-state index in [0.717, 1.165) is 28.2 Å². The van der Waals surface area contributed by atoms with Gasteiger partial charge in [0.05, 0.1) is 7.11 Å². The third kappa shape index (κ3) is 6.42. The van der Waals surface area contributed by atoms with Gasteiger partial charge in [-0.2, -0.15) is 0 Å².